The van der Waals surface area contributed by atoms with E-state index in [1.807, 2.05) is 43.3 Å². The molecule has 0 N–H and O–H groups in total. The second-order valence-corrected chi connectivity index (χ2v) is 8.74. The fourth-order valence-corrected chi connectivity index (χ4v) is 4.63. The highest BCUT2D eigenvalue weighted by Gasteiger charge is 2.37. The van der Waals surface area contributed by atoms with Crippen LogP contribution in [-0.4, -0.2) is 32.5 Å². The first-order valence-electron chi connectivity index (χ1n) is 9.37. The highest BCUT2D eigenvalue weighted by atomic mass is 32.2. The van der Waals surface area contributed by atoms with Crippen LogP contribution >= 0.6 is 0 Å². The van der Waals surface area contributed by atoms with Crippen LogP contribution < -0.4 is 0 Å². The summed E-state index contributed by atoms with van der Waals surface area (Å²) in [5.74, 6) is 0. The lowest BCUT2D eigenvalue weighted by molar-refractivity contribution is 0.00419. The van der Waals surface area contributed by atoms with Crippen LogP contribution in [0, 0.1) is 6.92 Å². The van der Waals surface area contributed by atoms with Crippen molar-refractivity contribution in [1.29, 1.82) is 0 Å². The van der Waals surface area contributed by atoms with Crippen LogP contribution in [0.15, 0.2) is 89.8 Å². The molecule has 4 nitrogen and oxygen atoms in total. The minimum atomic E-state index is -3.74. The molecule has 1 heterocycles. The molecule has 0 amide bonds. The third-order valence-electron chi connectivity index (χ3n) is 5.04. The van der Waals surface area contributed by atoms with Crippen molar-refractivity contribution in [2.75, 3.05) is 13.1 Å². The predicted molar refractivity (Wildman–Crippen MR) is 110 cm³/mol. The van der Waals surface area contributed by atoms with Crippen LogP contribution in [-0.2, 0) is 14.3 Å². The van der Waals surface area contributed by atoms with Gasteiger partial charge in [-0.2, -0.15) is 8.42 Å². The summed E-state index contributed by atoms with van der Waals surface area (Å²) >= 11 is 0. The maximum atomic E-state index is 12.5. The predicted octanol–water partition coefficient (Wildman–Crippen LogP) is 4.17. The fourth-order valence-electron chi connectivity index (χ4n) is 3.57. The molecule has 0 atom stereocenters. The Morgan fingerprint density at radius 1 is 0.821 bits per heavy atom. The van der Waals surface area contributed by atoms with E-state index in [4.69, 9.17) is 4.18 Å². The van der Waals surface area contributed by atoms with Gasteiger partial charge < -0.3 is 0 Å². The number of benzene rings is 3. The van der Waals surface area contributed by atoms with Gasteiger partial charge in [-0.05, 0) is 30.2 Å². The molecule has 0 aromatic heterocycles. The highest BCUT2D eigenvalue weighted by Crippen LogP contribution is 2.33. The maximum absolute atomic E-state index is 12.5. The van der Waals surface area contributed by atoms with Crippen molar-refractivity contribution in [3.8, 4) is 0 Å². The Labute approximate surface area is 166 Å². The van der Waals surface area contributed by atoms with Crippen LogP contribution in [0.4, 0.5) is 0 Å². The molecule has 3 aromatic rings. The molecule has 0 spiro atoms. The summed E-state index contributed by atoms with van der Waals surface area (Å²) in [6.45, 7) is 3.06. The molecule has 1 fully saturated rings. The molecule has 1 saturated heterocycles. The minimum absolute atomic E-state index is 0.0873. The average molecular weight is 394 g/mol. The Kier molecular flexibility index (Phi) is 5.31. The molecule has 0 radical (unpaired) electrons. The molecule has 144 valence electrons. The van der Waals surface area contributed by atoms with E-state index in [0.717, 1.165) is 5.56 Å². The van der Waals surface area contributed by atoms with E-state index in [2.05, 4.69) is 29.2 Å². The van der Waals surface area contributed by atoms with Gasteiger partial charge in [0.1, 0.15) is 6.10 Å². The molecule has 28 heavy (non-hydrogen) atoms. The summed E-state index contributed by atoms with van der Waals surface area (Å²) in [5, 5.41) is 0. The summed E-state index contributed by atoms with van der Waals surface area (Å²) in [5.41, 5.74) is 3.39. The summed E-state index contributed by atoms with van der Waals surface area (Å²) in [6.07, 6.45) is -0.332. The first-order chi connectivity index (χ1) is 13.5. The van der Waals surface area contributed by atoms with Gasteiger partial charge in [0.05, 0.1) is 10.9 Å². The first-order valence-corrected chi connectivity index (χ1v) is 10.8. The number of hydrogen-bond donors (Lipinski definition) is 0. The van der Waals surface area contributed by atoms with Gasteiger partial charge in [0.2, 0.25) is 0 Å². The molecule has 0 aliphatic carbocycles. The zero-order valence-corrected chi connectivity index (χ0v) is 16.5. The van der Waals surface area contributed by atoms with Gasteiger partial charge >= 0.3 is 0 Å². The number of aryl methyl sites for hydroxylation is 1. The van der Waals surface area contributed by atoms with Crippen molar-refractivity contribution in [3.63, 3.8) is 0 Å². The second-order valence-electron chi connectivity index (χ2n) is 7.16. The summed E-state index contributed by atoms with van der Waals surface area (Å²) in [4.78, 5) is 2.46. The number of hydrogen-bond acceptors (Lipinski definition) is 4. The summed E-state index contributed by atoms with van der Waals surface area (Å²) < 4.78 is 30.5. The molecule has 0 unspecified atom stereocenters. The van der Waals surface area contributed by atoms with Crippen molar-refractivity contribution in [1.82, 2.24) is 4.90 Å². The van der Waals surface area contributed by atoms with Crippen molar-refractivity contribution in [2.45, 2.75) is 24.0 Å². The van der Waals surface area contributed by atoms with Gasteiger partial charge in [-0.3, -0.25) is 9.08 Å². The Hall–Kier alpha value is -2.47. The Bertz CT molecular complexity index is 973. The topological polar surface area (TPSA) is 46.6 Å². The van der Waals surface area contributed by atoms with Crippen LogP contribution in [0.1, 0.15) is 22.7 Å². The second kappa shape index (κ2) is 7.87. The lowest BCUT2D eigenvalue weighted by Crippen LogP contribution is -2.54. The van der Waals surface area contributed by atoms with Crippen molar-refractivity contribution < 1.29 is 12.6 Å². The van der Waals surface area contributed by atoms with E-state index in [0.29, 0.717) is 13.1 Å². The smallest absolute Gasteiger partial charge is 0.287 e. The molecule has 3 aromatic carbocycles. The third-order valence-corrected chi connectivity index (χ3v) is 6.42. The summed E-state index contributed by atoms with van der Waals surface area (Å²) in [6, 6.07) is 27.4. The van der Waals surface area contributed by atoms with Gasteiger partial charge in [-0.15, -0.1) is 0 Å². The third kappa shape index (κ3) is 4.02. The number of rotatable bonds is 6. The molecule has 5 heteroatoms. The van der Waals surface area contributed by atoms with Gasteiger partial charge in [0.25, 0.3) is 10.1 Å². The Morgan fingerprint density at radius 2 is 1.32 bits per heavy atom. The fraction of sp³-hybridized carbons (Fsp3) is 0.217. The molecule has 1 aliphatic heterocycles. The van der Waals surface area contributed by atoms with E-state index in [1.165, 1.54) is 11.1 Å². The lowest BCUT2D eigenvalue weighted by Gasteiger charge is -2.43. The molecule has 0 saturated carbocycles. The Morgan fingerprint density at radius 3 is 1.82 bits per heavy atom. The van der Waals surface area contributed by atoms with Gasteiger partial charge in [0.15, 0.2) is 0 Å². The lowest BCUT2D eigenvalue weighted by atomic mass is 9.94. The van der Waals surface area contributed by atoms with Crippen LogP contribution in [0.3, 0.4) is 0 Å². The van der Waals surface area contributed by atoms with E-state index in [1.54, 1.807) is 24.3 Å². The molecular weight excluding hydrogens is 370 g/mol. The van der Waals surface area contributed by atoms with E-state index in [9.17, 15) is 8.42 Å². The van der Waals surface area contributed by atoms with Crippen LogP contribution in [0.5, 0.6) is 0 Å². The van der Waals surface area contributed by atoms with Gasteiger partial charge in [-0.1, -0.05) is 78.4 Å². The normalized spacial score (nSPS) is 15.5. The van der Waals surface area contributed by atoms with Gasteiger partial charge in [0, 0.05) is 13.1 Å². The summed E-state index contributed by atoms with van der Waals surface area (Å²) in [7, 11) is -3.74. The van der Waals surface area contributed by atoms with E-state index < -0.39 is 10.1 Å². The SMILES string of the molecule is Cc1ccc(S(=O)(=O)OC2CN(C(c3ccccc3)c3ccccc3)C2)cc1. The average Bonchev–Trinajstić information content (AvgIpc) is 2.68. The standard InChI is InChI=1S/C23H23NO3S/c1-18-12-14-22(15-13-18)28(25,26)27-21-16-24(17-21)23(19-8-4-2-5-9-19)20-10-6-3-7-11-20/h2-15,21,23H,16-17H2,1H3. The zero-order valence-electron chi connectivity index (χ0n) is 15.7. The zero-order chi connectivity index (χ0) is 19.6. The minimum Gasteiger partial charge on any atom is -0.287 e. The molecule has 1 aliphatic rings. The largest absolute Gasteiger partial charge is 0.297 e. The maximum Gasteiger partial charge on any atom is 0.297 e. The van der Waals surface area contributed by atoms with Crippen molar-refractivity contribution >= 4 is 10.1 Å². The number of likely N-dealkylation sites (tertiary alicyclic amines) is 1. The quantitative estimate of drug-likeness (QED) is 0.590. The molecule has 4 rings (SSSR count). The van der Waals surface area contributed by atoms with E-state index >= 15 is 0 Å². The first kappa shape index (κ1) is 18.9. The van der Waals surface area contributed by atoms with Crippen LogP contribution in [0.2, 0.25) is 0 Å². The highest BCUT2D eigenvalue weighted by molar-refractivity contribution is 7.86. The molecular formula is C23H23NO3S. The number of nitrogens with zero attached hydrogens (tertiary/aromatic N) is 1. The molecule has 0 bridgehead atoms. The monoisotopic (exact) mass is 393 g/mol. The van der Waals surface area contributed by atoms with E-state index in [-0.39, 0.29) is 17.0 Å². The van der Waals surface area contributed by atoms with Crippen LogP contribution in [0.25, 0.3) is 0 Å². The van der Waals surface area contributed by atoms with Crippen molar-refractivity contribution in [3.05, 3.63) is 102 Å². The van der Waals surface area contributed by atoms with Gasteiger partial charge in [-0.25, -0.2) is 0 Å². The Balaban J connectivity index is 1.48. The van der Waals surface area contributed by atoms with Crippen molar-refractivity contribution in [2.24, 2.45) is 0 Å².